The Bertz CT molecular complexity index is 416. The van der Waals surface area contributed by atoms with Crippen LogP contribution in [0.1, 0.15) is 51.9 Å². The highest BCUT2D eigenvalue weighted by molar-refractivity contribution is 7.91. The van der Waals surface area contributed by atoms with Gasteiger partial charge >= 0.3 is 0 Å². The van der Waals surface area contributed by atoms with Crippen LogP contribution in [0.15, 0.2) is 0 Å². The minimum absolute atomic E-state index is 0.236. The molecule has 0 amide bonds. The van der Waals surface area contributed by atoms with Crippen molar-refractivity contribution in [1.29, 1.82) is 0 Å². The minimum atomic E-state index is -2.78. The molecule has 0 aromatic rings. The lowest BCUT2D eigenvalue weighted by Gasteiger charge is -2.42. The Morgan fingerprint density at radius 3 is 2.52 bits per heavy atom. The summed E-state index contributed by atoms with van der Waals surface area (Å²) < 4.78 is 23.4. The fourth-order valence-electron chi connectivity index (χ4n) is 4.00. The Hall–Kier alpha value is -0.130. The van der Waals surface area contributed by atoms with Gasteiger partial charge < -0.3 is 10.2 Å². The summed E-state index contributed by atoms with van der Waals surface area (Å²) in [7, 11) is -0.653. The van der Waals surface area contributed by atoms with Crippen molar-refractivity contribution in [3.8, 4) is 0 Å². The highest BCUT2D eigenvalue weighted by atomic mass is 32.2. The normalized spacial score (nSPS) is 28.0. The summed E-state index contributed by atoms with van der Waals surface area (Å²) in [5, 5.41) is 3.61. The second-order valence-corrected chi connectivity index (χ2v) is 9.44. The van der Waals surface area contributed by atoms with Crippen LogP contribution in [-0.2, 0) is 9.84 Å². The van der Waals surface area contributed by atoms with Crippen molar-refractivity contribution in [2.45, 2.75) is 57.9 Å². The van der Waals surface area contributed by atoms with E-state index in [1.165, 1.54) is 38.5 Å². The molecule has 1 N–H and O–H groups in total. The van der Waals surface area contributed by atoms with E-state index in [-0.39, 0.29) is 6.04 Å². The summed E-state index contributed by atoms with van der Waals surface area (Å²) in [6.45, 7) is 5.42. The Labute approximate surface area is 130 Å². The molecule has 0 bridgehead atoms. The van der Waals surface area contributed by atoms with Crippen molar-refractivity contribution in [2.75, 3.05) is 38.2 Å². The van der Waals surface area contributed by atoms with E-state index < -0.39 is 9.84 Å². The first-order chi connectivity index (χ1) is 9.96. The van der Waals surface area contributed by atoms with E-state index in [9.17, 15) is 8.42 Å². The molecule has 124 valence electrons. The first kappa shape index (κ1) is 17.2. The smallest absolute Gasteiger partial charge is 0.151 e. The first-order valence-electron chi connectivity index (χ1n) is 8.58. The van der Waals surface area contributed by atoms with Crippen LogP contribution in [-0.4, -0.2) is 57.5 Å². The van der Waals surface area contributed by atoms with Crippen molar-refractivity contribution in [2.24, 2.45) is 5.41 Å². The van der Waals surface area contributed by atoms with Gasteiger partial charge in [-0.3, -0.25) is 0 Å². The molecule has 0 aromatic carbocycles. The fourth-order valence-corrected chi connectivity index (χ4v) is 5.81. The van der Waals surface area contributed by atoms with E-state index in [0.717, 1.165) is 26.1 Å². The third kappa shape index (κ3) is 4.93. The monoisotopic (exact) mass is 316 g/mol. The second-order valence-electron chi connectivity index (χ2n) is 7.21. The quantitative estimate of drug-likeness (QED) is 0.730. The molecule has 2 rings (SSSR count). The third-order valence-corrected chi connectivity index (χ3v) is 7.01. The van der Waals surface area contributed by atoms with Gasteiger partial charge in [0, 0.05) is 19.1 Å². The average molecular weight is 317 g/mol. The van der Waals surface area contributed by atoms with Crippen molar-refractivity contribution >= 4 is 9.84 Å². The third-order valence-electron chi connectivity index (χ3n) is 5.26. The number of hydrogen-bond acceptors (Lipinski definition) is 4. The van der Waals surface area contributed by atoms with Gasteiger partial charge in [-0.05, 0) is 44.7 Å². The molecule has 5 heteroatoms. The predicted octanol–water partition coefficient (Wildman–Crippen LogP) is 2.06. The molecule has 1 unspecified atom stereocenters. The Morgan fingerprint density at radius 1 is 1.24 bits per heavy atom. The van der Waals surface area contributed by atoms with E-state index in [0.29, 0.717) is 16.9 Å². The number of rotatable bonds is 7. The summed E-state index contributed by atoms with van der Waals surface area (Å²) in [4.78, 5) is 2.34. The van der Waals surface area contributed by atoms with E-state index in [4.69, 9.17) is 0 Å². The highest BCUT2D eigenvalue weighted by Crippen LogP contribution is 2.37. The number of sulfone groups is 1. The van der Waals surface area contributed by atoms with Gasteiger partial charge in [0.25, 0.3) is 0 Å². The van der Waals surface area contributed by atoms with Crippen LogP contribution in [0.5, 0.6) is 0 Å². The summed E-state index contributed by atoms with van der Waals surface area (Å²) >= 11 is 0. The van der Waals surface area contributed by atoms with Gasteiger partial charge in [-0.1, -0.05) is 26.2 Å². The minimum Gasteiger partial charge on any atom is -0.316 e. The summed E-state index contributed by atoms with van der Waals surface area (Å²) in [6, 6.07) is 0.236. The van der Waals surface area contributed by atoms with Gasteiger partial charge in [0.2, 0.25) is 0 Å². The fraction of sp³-hybridized carbons (Fsp3) is 1.00. The molecule has 4 nitrogen and oxygen atoms in total. The Morgan fingerprint density at radius 2 is 1.95 bits per heavy atom. The zero-order valence-corrected chi connectivity index (χ0v) is 14.6. The zero-order chi connectivity index (χ0) is 15.3. The van der Waals surface area contributed by atoms with Gasteiger partial charge in [-0.2, -0.15) is 0 Å². The molecule has 1 heterocycles. The standard InChI is InChI=1S/C16H32N2O2S/c1-3-10-17-13-16(8-5-4-6-9-16)14-18(2)15-7-11-21(19,20)12-15/h15,17H,3-14H2,1-2H3. The predicted molar refractivity (Wildman–Crippen MR) is 88.4 cm³/mol. The zero-order valence-electron chi connectivity index (χ0n) is 13.7. The average Bonchev–Trinajstić information content (AvgIpc) is 2.81. The molecular weight excluding hydrogens is 284 g/mol. The van der Waals surface area contributed by atoms with Gasteiger partial charge in [0.05, 0.1) is 11.5 Å². The Balaban J connectivity index is 1.94. The van der Waals surface area contributed by atoms with Crippen LogP contribution in [0.25, 0.3) is 0 Å². The van der Waals surface area contributed by atoms with Crippen molar-refractivity contribution < 1.29 is 8.42 Å². The molecule has 1 atom stereocenters. The van der Waals surface area contributed by atoms with Crippen LogP contribution in [0.3, 0.4) is 0 Å². The van der Waals surface area contributed by atoms with Gasteiger partial charge in [-0.25, -0.2) is 8.42 Å². The van der Waals surface area contributed by atoms with Crippen LogP contribution in [0.4, 0.5) is 0 Å². The topological polar surface area (TPSA) is 49.4 Å². The molecule has 1 aliphatic carbocycles. The summed E-state index contributed by atoms with van der Waals surface area (Å²) in [5.41, 5.74) is 0.356. The molecule has 2 aliphatic rings. The summed E-state index contributed by atoms with van der Waals surface area (Å²) in [5.74, 6) is 0.741. The highest BCUT2D eigenvalue weighted by Gasteiger charge is 2.37. The van der Waals surface area contributed by atoms with Crippen molar-refractivity contribution in [3.63, 3.8) is 0 Å². The molecule has 1 saturated heterocycles. The molecule has 1 aliphatic heterocycles. The maximum atomic E-state index is 11.7. The SMILES string of the molecule is CCCNCC1(CN(C)C2CCS(=O)(=O)C2)CCCCC1. The van der Waals surface area contributed by atoms with Crippen LogP contribution in [0, 0.1) is 5.41 Å². The largest absolute Gasteiger partial charge is 0.316 e. The maximum absolute atomic E-state index is 11.7. The van der Waals surface area contributed by atoms with E-state index in [1.807, 2.05) is 0 Å². The molecule has 0 spiro atoms. The van der Waals surface area contributed by atoms with Crippen LogP contribution >= 0.6 is 0 Å². The molecule has 2 fully saturated rings. The maximum Gasteiger partial charge on any atom is 0.151 e. The van der Waals surface area contributed by atoms with Crippen LogP contribution in [0.2, 0.25) is 0 Å². The summed E-state index contributed by atoms with van der Waals surface area (Å²) in [6.07, 6.45) is 8.57. The molecular formula is C16H32N2O2S. The first-order valence-corrected chi connectivity index (χ1v) is 10.4. The lowest BCUT2D eigenvalue weighted by molar-refractivity contribution is 0.0987. The van der Waals surface area contributed by atoms with Crippen LogP contribution < -0.4 is 5.32 Å². The molecule has 1 saturated carbocycles. The van der Waals surface area contributed by atoms with E-state index in [2.05, 4.69) is 24.2 Å². The molecule has 0 aromatic heterocycles. The Kier molecular flexibility index (Phi) is 6.09. The van der Waals surface area contributed by atoms with E-state index in [1.54, 1.807) is 0 Å². The van der Waals surface area contributed by atoms with Gasteiger partial charge in [0.1, 0.15) is 0 Å². The van der Waals surface area contributed by atoms with Gasteiger partial charge in [0.15, 0.2) is 9.84 Å². The number of hydrogen-bond donors (Lipinski definition) is 1. The van der Waals surface area contributed by atoms with Crippen molar-refractivity contribution in [3.05, 3.63) is 0 Å². The number of nitrogens with zero attached hydrogens (tertiary/aromatic N) is 1. The van der Waals surface area contributed by atoms with E-state index >= 15 is 0 Å². The lowest BCUT2D eigenvalue weighted by atomic mass is 9.73. The molecule has 0 radical (unpaired) electrons. The second kappa shape index (κ2) is 7.42. The van der Waals surface area contributed by atoms with Crippen molar-refractivity contribution in [1.82, 2.24) is 10.2 Å². The lowest BCUT2D eigenvalue weighted by Crippen LogP contribution is -2.47. The molecule has 21 heavy (non-hydrogen) atoms. The van der Waals surface area contributed by atoms with Gasteiger partial charge in [-0.15, -0.1) is 0 Å². The number of nitrogens with one attached hydrogen (secondary N) is 1.